The third-order valence-electron chi connectivity index (χ3n) is 2.94. The molecule has 2 amide bonds. The quantitative estimate of drug-likeness (QED) is 0.574. The fourth-order valence-corrected chi connectivity index (χ4v) is 1.82. The molecule has 2 atom stereocenters. The number of carbonyl (C=O) groups excluding carboxylic acids is 1. The topological polar surface area (TPSA) is 112 Å². The predicted molar refractivity (Wildman–Crippen MR) is 75.9 cm³/mol. The summed E-state index contributed by atoms with van der Waals surface area (Å²) in [4.78, 5) is 22.2. The van der Waals surface area contributed by atoms with Crippen LogP contribution in [0.4, 0.5) is 4.79 Å². The monoisotopic (exact) mass is 298 g/mol. The van der Waals surface area contributed by atoms with Gasteiger partial charge in [0.15, 0.2) is 0 Å². The number of rotatable bonds is 8. The van der Waals surface area contributed by atoms with Crippen molar-refractivity contribution in [2.24, 2.45) is 0 Å². The lowest BCUT2D eigenvalue weighted by atomic mass is 10.0. The number of urea groups is 1. The molecule has 7 heteroatoms. The summed E-state index contributed by atoms with van der Waals surface area (Å²) in [7, 11) is 0. The second-order valence-corrected chi connectivity index (χ2v) is 5.41. The minimum absolute atomic E-state index is 0.0699. The van der Waals surface area contributed by atoms with Crippen molar-refractivity contribution in [3.63, 3.8) is 0 Å². The Balaban J connectivity index is 2.24. The molecule has 1 aromatic rings. The van der Waals surface area contributed by atoms with Crippen LogP contribution in [0.1, 0.15) is 32.4 Å². The summed E-state index contributed by atoms with van der Waals surface area (Å²) in [6.45, 7) is 3.09. The van der Waals surface area contributed by atoms with Gasteiger partial charge in [0, 0.05) is 19.0 Å². The van der Waals surface area contributed by atoms with Gasteiger partial charge in [-0.25, -0.2) is 4.79 Å². The van der Waals surface area contributed by atoms with Crippen molar-refractivity contribution < 1.29 is 24.2 Å². The lowest BCUT2D eigenvalue weighted by Crippen LogP contribution is -2.47. The van der Waals surface area contributed by atoms with E-state index >= 15 is 0 Å². The second kappa shape index (κ2) is 7.68. The van der Waals surface area contributed by atoms with Crippen LogP contribution in [0.3, 0.4) is 0 Å². The average molecular weight is 298 g/mol. The lowest BCUT2D eigenvalue weighted by molar-refractivity contribution is -0.141. The van der Waals surface area contributed by atoms with Gasteiger partial charge in [0.1, 0.15) is 5.76 Å². The molecule has 118 valence electrons. The molecule has 4 N–H and O–H groups in total. The van der Waals surface area contributed by atoms with Crippen LogP contribution in [0.5, 0.6) is 0 Å². The molecular formula is C14H22N2O5. The van der Waals surface area contributed by atoms with E-state index in [-0.39, 0.29) is 12.6 Å². The average Bonchev–Trinajstić information content (AvgIpc) is 2.85. The minimum Gasteiger partial charge on any atom is -0.481 e. The molecule has 1 aromatic heterocycles. The highest BCUT2D eigenvalue weighted by Crippen LogP contribution is 2.08. The van der Waals surface area contributed by atoms with Crippen molar-refractivity contribution in [1.82, 2.24) is 10.6 Å². The van der Waals surface area contributed by atoms with Crippen molar-refractivity contribution in [2.75, 3.05) is 6.54 Å². The van der Waals surface area contributed by atoms with E-state index in [0.29, 0.717) is 12.8 Å². The van der Waals surface area contributed by atoms with Crippen LogP contribution < -0.4 is 10.6 Å². The van der Waals surface area contributed by atoms with Gasteiger partial charge in [-0.2, -0.15) is 0 Å². The largest absolute Gasteiger partial charge is 0.481 e. The maximum atomic E-state index is 11.6. The van der Waals surface area contributed by atoms with Crippen LogP contribution in [0, 0.1) is 0 Å². The third kappa shape index (κ3) is 7.36. The summed E-state index contributed by atoms with van der Waals surface area (Å²) in [6, 6.07) is 3.17. The number of carboxylic acids is 1. The van der Waals surface area contributed by atoms with E-state index in [1.807, 2.05) is 19.1 Å². The fourth-order valence-electron chi connectivity index (χ4n) is 1.82. The minimum atomic E-state index is -1.47. The normalized spacial score (nSPS) is 15.0. The molecule has 0 saturated heterocycles. The van der Waals surface area contributed by atoms with Crippen LogP contribution in [0.2, 0.25) is 0 Å². The molecule has 0 radical (unpaired) electrons. The van der Waals surface area contributed by atoms with Crippen LogP contribution in [0.25, 0.3) is 0 Å². The number of nitrogens with one attached hydrogen (secondary N) is 2. The molecule has 0 saturated carbocycles. The van der Waals surface area contributed by atoms with E-state index in [1.165, 1.54) is 6.92 Å². The molecule has 0 aliphatic carbocycles. The molecule has 1 heterocycles. The maximum Gasteiger partial charge on any atom is 0.315 e. The highest BCUT2D eigenvalue weighted by molar-refractivity contribution is 5.74. The number of aliphatic hydroxyl groups is 1. The summed E-state index contributed by atoms with van der Waals surface area (Å²) in [5.74, 6) is -0.262. The fraction of sp³-hybridized carbons (Fsp3) is 0.571. The van der Waals surface area contributed by atoms with Crippen molar-refractivity contribution in [3.8, 4) is 0 Å². The molecule has 0 aromatic carbocycles. The highest BCUT2D eigenvalue weighted by Gasteiger charge is 2.24. The van der Waals surface area contributed by atoms with Gasteiger partial charge in [-0.1, -0.05) is 0 Å². The van der Waals surface area contributed by atoms with Crippen molar-refractivity contribution in [3.05, 3.63) is 24.2 Å². The zero-order valence-electron chi connectivity index (χ0n) is 12.3. The van der Waals surface area contributed by atoms with Gasteiger partial charge in [0.05, 0.1) is 18.3 Å². The molecule has 2 unspecified atom stereocenters. The number of carboxylic acid groups (broad SMARTS) is 1. The molecule has 1 rings (SSSR count). The molecule has 0 aliphatic heterocycles. The zero-order valence-corrected chi connectivity index (χ0v) is 12.3. The van der Waals surface area contributed by atoms with Crippen LogP contribution in [-0.2, 0) is 11.2 Å². The van der Waals surface area contributed by atoms with Gasteiger partial charge in [-0.05, 0) is 32.4 Å². The Bertz CT molecular complexity index is 456. The van der Waals surface area contributed by atoms with E-state index in [4.69, 9.17) is 9.52 Å². The van der Waals surface area contributed by atoms with Crippen molar-refractivity contribution in [2.45, 2.75) is 44.8 Å². The van der Waals surface area contributed by atoms with E-state index in [1.54, 1.807) is 6.26 Å². The summed E-state index contributed by atoms with van der Waals surface area (Å²) in [5.41, 5.74) is -1.47. The van der Waals surface area contributed by atoms with Crippen LogP contribution in [0.15, 0.2) is 22.8 Å². The first-order valence-corrected chi connectivity index (χ1v) is 6.79. The van der Waals surface area contributed by atoms with E-state index < -0.39 is 24.0 Å². The number of hydrogen-bond acceptors (Lipinski definition) is 4. The number of furan rings is 1. The second-order valence-electron chi connectivity index (χ2n) is 5.41. The molecule has 0 bridgehead atoms. The first-order chi connectivity index (χ1) is 9.78. The Morgan fingerprint density at radius 1 is 1.48 bits per heavy atom. The Hall–Kier alpha value is -2.02. The standard InChI is InChI=1S/C14H22N2O5/c1-10(5-6-11-4-3-7-21-11)16-13(19)15-9-14(2,20)8-12(17)18/h3-4,7,10,20H,5-6,8-9H2,1-2H3,(H,17,18)(H2,15,16,19). The SMILES string of the molecule is CC(CCc1ccco1)NC(=O)NCC(C)(O)CC(=O)O. The van der Waals surface area contributed by atoms with Gasteiger partial charge < -0.3 is 25.3 Å². The Morgan fingerprint density at radius 2 is 2.19 bits per heavy atom. The first-order valence-electron chi connectivity index (χ1n) is 6.79. The maximum absolute atomic E-state index is 11.6. The number of aryl methyl sites for hydroxylation is 1. The Kier molecular flexibility index (Phi) is 6.23. The van der Waals surface area contributed by atoms with Crippen molar-refractivity contribution in [1.29, 1.82) is 0 Å². The molecule has 0 spiro atoms. The lowest BCUT2D eigenvalue weighted by Gasteiger charge is -2.22. The number of carbonyl (C=O) groups is 2. The highest BCUT2D eigenvalue weighted by atomic mass is 16.4. The van der Waals surface area contributed by atoms with E-state index in [2.05, 4.69) is 10.6 Å². The first kappa shape index (κ1) is 17.0. The number of aliphatic carboxylic acids is 1. The molecule has 7 nitrogen and oxygen atoms in total. The van der Waals surface area contributed by atoms with Crippen LogP contribution >= 0.6 is 0 Å². The van der Waals surface area contributed by atoms with E-state index in [0.717, 1.165) is 5.76 Å². The molecule has 0 fully saturated rings. The summed E-state index contributed by atoms with van der Waals surface area (Å²) in [6.07, 6.45) is 2.60. The third-order valence-corrected chi connectivity index (χ3v) is 2.94. The van der Waals surface area contributed by atoms with Gasteiger partial charge in [-0.3, -0.25) is 4.79 Å². The zero-order chi connectivity index (χ0) is 15.9. The summed E-state index contributed by atoms with van der Waals surface area (Å²) in [5, 5.41) is 23.6. The van der Waals surface area contributed by atoms with Gasteiger partial charge in [-0.15, -0.1) is 0 Å². The van der Waals surface area contributed by atoms with Gasteiger partial charge in [0.2, 0.25) is 0 Å². The Morgan fingerprint density at radius 3 is 2.76 bits per heavy atom. The smallest absolute Gasteiger partial charge is 0.315 e. The van der Waals surface area contributed by atoms with Gasteiger partial charge >= 0.3 is 12.0 Å². The number of hydrogen-bond donors (Lipinski definition) is 4. The Labute approximate surface area is 123 Å². The van der Waals surface area contributed by atoms with Gasteiger partial charge in [0.25, 0.3) is 0 Å². The number of amides is 2. The summed E-state index contributed by atoms with van der Waals surface area (Å²) >= 11 is 0. The van der Waals surface area contributed by atoms with E-state index in [9.17, 15) is 14.7 Å². The molecule has 21 heavy (non-hydrogen) atoms. The molecular weight excluding hydrogens is 276 g/mol. The van der Waals surface area contributed by atoms with Crippen LogP contribution in [-0.4, -0.2) is 40.4 Å². The predicted octanol–water partition coefficient (Wildman–Crippen LogP) is 1.13. The summed E-state index contributed by atoms with van der Waals surface area (Å²) < 4.78 is 5.20. The molecule has 0 aliphatic rings. The van der Waals surface area contributed by atoms with Crippen molar-refractivity contribution >= 4 is 12.0 Å².